The monoisotopic (exact) mass is 292 g/mol. The number of rotatable bonds is 2. The molecule has 0 unspecified atom stereocenters. The summed E-state index contributed by atoms with van der Waals surface area (Å²) in [4.78, 5) is 18.0. The number of carbonyl (C=O) groups excluding carboxylic acids is 1. The van der Waals surface area contributed by atoms with Gasteiger partial charge in [0.25, 0.3) is 0 Å². The van der Waals surface area contributed by atoms with Gasteiger partial charge in [-0.1, -0.05) is 6.07 Å². The van der Waals surface area contributed by atoms with Crippen LogP contribution >= 0.6 is 0 Å². The van der Waals surface area contributed by atoms with Crippen LogP contribution in [-0.4, -0.2) is 39.8 Å². The minimum Gasteiger partial charge on any atom is -0.444 e. The Morgan fingerprint density at radius 3 is 2.62 bits per heavy atom. The van der Waals surface area contributed by atoms with Crippen LogP contribution in [0.2, 0.25) is 0 Å². The largest absolute Gasteiger partial charge is 0.444 e. The predicted molar refractivity (Wildman–Crippen MR) is 79.9 cm³/mol. The topological polar surface area (TPSA) is 62.7 Å². The number of aromatic nitrogens is 1. The Morgan fingerprint density at radius 1 is 1.38 bits per heavy atom. The fraction of sp³-hybridized carbons (Fsp3) is 0.625. The van der Waals surface area contributed by atoms with E-state index in [0.29, 0.717) is 19.0 Å². The molecule has 1 fully saturated rings. The molecule has 1 saturated heterocycles. The van der Waals surface area contributed by atoms with Gasteiger partial charge in [0.15, 0.2) is 0 Å². The lowest BCUT2D eigenvalue weighted by Gasteiger charge is -2.33. The van der Waals surface area contributed by atoms with Gasteiger partial charge in [0.2, 0.25) is 0 Å². The number of nitrogens with zero attached hydrogens (tertiary/aromatic N) is 2. The third-order valence-corrected chi connectivity index (χ3v) is 3.62. The standard InChI is InChI=1S/C16H24N2O3/c1-16(2,3)21-15(20)18-6-4-13(5-7-18)14-8-12(11-19)9-17-10-14/h8-10,13,19H,4-7,11H2,1-3H3. The summed E-state index contributed by atoms with van der Waals surface area (Å²) in [5.41, 5.74) is 1.53. The summed E-state index contributed by atoms with van der Waals surface area (Å²) in [5.74, 6) is 0.391. The highest BCUT2D eigenvalue weighted by Crippen LogP contribution is 2.28. The molecule has 116 valence electrons. The molecule has 21 heavy (non-hydrogen) atoms. The molecule has 0 saturated carbocycles. The lowest BCUT2D eigenvalue weighted by Crippen LogP contribution is -2.41. The van der Waals surface area contributed by atoms with Crippen LogP contribution in [0.15, 0.2) is 18.5 Å². The summed E-state index contributed by atoms with van der Waals surface area (Å²) in [6.45, 7) is 7.04. The second-order valence-corrected chi connectivity index (χ2v) is 6.53. The fourth-order valence-electron chi connectivity index (χ4n) is 2.54. The molecule has 2 heterocycles. The van der Waals surface area contributed by atoms with E-state index in [0.717, 1.165) is 24.0 Å². The van der Waals surface area contributed by atoms with Gasteiger partial charge >= 0.3 is 6.09 Å². The minimum absolute atomic E-state index is 0.0115. The normalized spacial score (nSPS) is 16.9. The van der Waals surface area contributed by atoms with Crippen molar-refractivity contribution < 1.29 is 14.6 Å². The molecule has 5 heteroatoms. The van der Waals surface area contributed by atoms with E-state index in [2.05, 4.69) is 4.98 Å². The number of amides is 1. The Bertz CT molecular complexity index is 489. The zero-order valence-corrected chi connectivity index (χ0v) is 13.0. The van der Waals surface area contributed by atoms with Crippen molar-refractivity contribution in [3.8, 4) is 0 Å². The van der Waals surface area contributed by atoms with Crippen molar-refractivity contribution in [3.05, 3.63) is 29.6 Å². The predicted octanol–water partition coefficient (Wildman–Crippen LogP) is 2.69. The molecular weight excluding hydrogens is 268 g/mol. The average molecular weight is 292 g/mol. The molecule has 0 atom stereocenters. The highest BCUT2D eigenvalue weighted by molar-refractivity contribution is 5.68. The van der Waals surface area contributed by atoms with Crippen LogP contribution < -0.4 is 0 Å². The van der Waals surface area contributed by atoms with Crippen molar-refractivity contribution in [2.75, 3.05) is 13.1 Å². The average Bonchev–Trinajstić information content (AvgIpc) is 2.46. The van der Waals surface area contributed by atoms with Crippen LogP contribution in [0, 0.1) is 0 Å². The van der Waals surface area contributed by atoms with Crippen molar-refractivity contribution in [1.29, 1.82) is 0 Å². The van der Waals surface area contributed by atoms with Gasteiger partial charge in [0, 0.05) is 25.5 Å². The second-order valence-electron chi connectivity index (χ2n) is 6.53. The van der Waals surface area contributed by atoms with Gasteiger partial charge in [-0.15, -0.1) is 0 Å². The molecule has 1 aromatic rings. The van der Waals surface area contributed by atoms with E-state index in [9.17, 15) is 9.90 Å². The first kappa shape index (κ1) is 15.8. The van der Waals surface area contributed by atoms with E-state index >= 15 is 0 Å². The third-order valence-electron chi connectivity index (χ3n) is 3.62. The number of carbonyl (C=O) groups is 1. The number of ether oxygens (including phenoxy) is 1. The van der Waals surface area contributed by atoms with E-state index in [1.165, 1.54) is 0 Å². The molecule has 1 N–H and O–H groups in total. The molecule has 5 nitrogen and oxygen atoms in total. The third kappa shape index (κ3) is 4.43. The van der Waals surface area contributed by atoms with E-state index < -0.39 is 5.60 Å². The second kappa shape index (κ2) is 6.43. The first-order valence-electron chi connectivity index (χ1n) is 7.41. The van der Waals surface area contributed by atoms with Gasteiger partial charge in [0.1, 0.15) is 5.60 Å². The van der Waals surface area contributed by atoms with Crippen molar-refractivity contribution in [1.82, 2.24) is 9.88 Å². The maximum absolute atomic E-state index is 12.0. The SMILES string of the molecule is CC(C)(C)OC(=O)N1CCC(c2cncc(CO)c2)CC1. The van der Waals surface area contributed by atoms with E-state index in [-0.39, 0.29) is 12.7 Å². The van der Waals surface area contributed by atoms with Gasteiger partial charge < -0.3 is 14.7 Å². The highest BCUT2D eigenvalue weighted by Gasteiger charge is 2.27. The van der Waals surface area contributed by atoms with Crippen molar-refractivity contribution in [2.45, 2.75) is 51.7 Å². The summed E-state index contributed by atoms with van der Waals surface area (Å²) in [5, 5.41) is 9.17. The number of piperidine rings is 1. The number of hydrogen-bond acceptors (Lipinski definition) is 4. The summed E-state index contributed by atoms with van der Waals surface area (Å²) in [7, 11) is 0. The van der Waals surface area contributed by atoms with Gasteiger partial charge in [0.05, 0.1) is 6.61 Å². The summed E-state index contributed by atoms with van der Waals surface area (Å²) >= 11 is 0. The number of aliphatic hydroxyl groups is 1. The fourth-order valence-corrected chi connectivity index (χ4v) is 2.54. The number of pyridine rings is 1. The van der Waals surface area contributed by atoms with Gasteiger partial charge in [-0.2, -0.15) is 0 Å². The van der Waals surface area contributed by atoms with Crippen LogP contribution in [0.1, 0.15) is 50.7 Å². The molecule has 1 aliphatic rings. The smallest absolute Gasteiger partial charge is 0.410 e. The lowest BCUT2D eigenvalue weighted by atomic mass is 9.90. The van der Waals surface area contributed by atoms with E-state index in [1.54, 1.807) is 11.1 Å². The van der Waals surface area contributed by atoms with Gasteiger partial charge in [-0.25, -0.2) is 4.79 Å². The highest BCUT2D eigenvalue weighted by atomic mass is 16.6. The minimum atomic E-state index is -0.451. The Kier molecular flexibility index (Phi) is 4.83. The molecule has 0 bridgehead atoms. The Morgan fingerprint density at radius 2 is 2.05 bits per heavy atom. The van der Waals surface area contributed by atoms with Crippen LogP contribution in [0.25, 0.3) is 0 Å². The number of hydrogen-bond donors (Lipinski definition) is 1. The molecule has 0 aromatic carbocycles. The molecule has 0 radical (unpaired) electrons. The van der Waals surface area contributed by atoms with E-state index in [1.807, 2.05) is 33.0 Å². The zero-order valence-electron chi connectivity index (χ0n) is 13.0. The van der Waals surface area contributed by atoms with Gasteiger partial charge in [-0.3, -0.25) is 4.98 Å². The van der Waals surface area contributed by atoms with Crippen molar-refractivity contribution in [2.24, 2.45) is 0 Å². The summed E-state index contributed by atoms with van der Waals surface area (Å²) < 4.78 is 5.40. The van der Waals surface area contributed by atoms with Gasteiger partial charge in [-0.05, 0) is 50.7 Å². The number of aliphatic hydroxyl groups excluding tert-OH is 1. The Hall–Kier alpha value is -1.62. The molecule has 1 aliphatic heterocycles. The van der Waals surface area contributed by atoms with E-state index in [4.69, 9.17) is 4.74 Å². The molecule has 1 aromatic heterocycles. The van der Waals surface area contributed by atoms with Crippen LogP contribution in [0.3, 0.4) is 0 Å². The Labute approximate surface area is 125 Å². The maximum Gasteiger partial charge on any atom is 0.410 e. The summed E-state index contributed by atoms with van der Waals surface area (Å²) in [6.07, 6.45) is 5.10. The lowest BCUT2D eigenvalue weighted by molar-refractivity contribution is 0.0205. The quantitative estimate of drug-likeness (QED) is 0.910. The first-order chi connectivity index (χ1) is 9.89. The first-order valence-corrected chi connectivity index (χ1v) is 7.41. The van der Waals surface area contributed by atoms with Crippen LogP contribution in [-0.2, 0) is 11.3 Å². The van der Waals surface area contributed by atoms with Crippen LogP contribution in [0.5, 0.6) is 0 Å². The maximum atomic E-state index is 12.0. The number of likely N-dealkylation sites (tertiary alicyclic amines) is 1. The molecule has 0 aliphatic carbocycles. The van der Waals surface area contributed by atoms with Crippen molar-refractivity contribution >= 4 is 6.09 Å². The zero-order chi connectivity index (χ0) is 15.5. The van der Waals surface area contributed by atoms with Crippen molar-refractivity contribution in [3.63, 3.8) is 0 Å². The molecule has 2 rings (SSSR count). The van der Waals surface area contributed by atoms with Crippen LogP contribution in [0.4, 0.5) is 4.79 Å². The summed E-state index contributed by atoms with van der Waals surface area (Å²) in [6, 6.07) is 2.00. The molecular formula is C16H24N2O3. The molecule has 1 amide bonds. The molecule has 0 spiro atoms. The Balaban J connectivity index is 1.92.